The molecular formula is C25H29NO5. The summed E-state index contributed by atoms with van der Waals surface area (Å²) >= 11 is 0. The Kier molecular flexibility index (Phi) is 6.75. The van der Waals surface area contributed by atoms with Crippen LogP contribution in [-0.2, 0) is 16.0 Å². The summed E-state index contributed by atoms with van der Waals surface area (Å²) in [4.78, 5) is 27.3. The van der Waals surface area contributed by atoms with E-state index in [4.69, 9.17) is 14.2 Å². The molecular weight excluding hydrogens is 394 g/mol. The van der Waals surface area contributed by atoms with Crippen LogP contribution >= 0.6 is 0 Å². The zero-order valence-corrected chi connectivity index (χ0v) is 17.9. The third kappa shape index (κ3) is 5.37. The Morgan fingerprint density at radius 3 is 2.61 bits per heavy atom. The summed E-state index contributed by atoms with van der Waals surface area (Å²) in [5.41, 5.74) is 1.84. The summed E-state index contributed by atoms with van der Waals surface area (Å²) < 4.78 is 16.4. The number of carbonyl (C=O) groups is 2. The Morgan fingerprint density at radius 1 is 1.06 bits per heavy atom. The highest BCUT2D eigenvalue weighted by atomic mass is 16.6. The summed E-state index contributed by atoms with van der Waals surface area (Å²) in [5.74, 6) is 1.16. The first-order valence-corrected chi connectivity index (χ1v) is 11.0. The van der Waals surface area contributed by atoms with Crippen molar-refractivity contribution in [3.63, 3.8) is 0 Å². The fourth-order valence-corrected chi connectivity index (χ4v) is 4.02. The van der Waals surface area contributed by atoms with Gasteiger partial charge in [0, 0.05) is 18.7 Å². The second-order valence-electron chi connectivity index (χ2n) is 8.05. The average Bonchev–Trinajstić information content (AvgIpc) is 3.58. The average molecular weight is 424 g/mol. The van der Waals surface area contributed by atoms with E-state index in [2.05, 4.69) is 12.1 Å². The van der Waals surface area contributed by atoms with Crippen molar-refractivity contribution in [2.45, 2.75) is 26.2 Å². The van der Waals surface area contributed by atoms with E-state index in [0.29, 0.717) is 50.0 Å². The van der Waals surface area contributed by atoms with E-state index in [1.807, 2.05) is 30.0 Å². The summed E-state index contributed by atoms with van der Waals surface area (Å²) in [6, 6.07) is 15.6. The van der Waals surface area contributed by atoms with Gasteiger partial charge in [-0.2, -0.15) is 0 Å². The maximum Gasteiger partial charge on any atom is 0.309 e. The quantitative estimate of drug-likeness (QED) is 0.575. The number of amides is 1. The Labute approximate surface area is 183 Å². The highest BCUT2D eigenvalue weighted by Crippen LogP contribution is 2.40. The zero-order chi connectivity index (χ0) is 21.6. The van der Waals surface area contributed by atoms with Crippen molar-refractivity contribution in [2.75, 3.05) is 32.9 Å². The standard InChI is InChI=1S/C25H29NO5/c1-2-29-25(28)21-15-20(21)17-26(12-6-9-18-7-4-3-5-8-18)24(27)19-10-11-22-23(16-19)31-14-13-30-22/h3-5,7-8,10-11,16,20-21H,2,6,9,12-15,17H2,1H3/t20-,21+/m1/s1. The number of aryl methyl sites for hydroxylation is 1. The first-order chi connectivity index (χ1) is 15.2. The molecule has 1 heterocycles. The number of hydrogen-bond acceptors (Lipinski definition) is 5. The Bertz CT molecular complexity index is 913. The van der Waals surface area contributed by atoms with Gasteiger partial charge in [0.15, 0.2) is 11.5 Å². The Balaban J connectivity index is 1.43. The van der Waals surface area contributed by atoms with Crippen LogP contribution in [0, 0.1) is 11.8 Å². The lowest BCUT2D eigenvalue weighted by atomic mass is 10.1. The zero-order valence-electron chi connectivity index (χ0n) is 17.9. The molecule has 2 aromatic rings. The lowest BCUT2D eigenvalue weighted by Crippen LogP contribution is -2.35. The molecule has 0 spiro atoms. The molecule has 6 heteroatoms. The van der Waals surface area contributed by atoms with Gasteiger partial charge in [-0.15, -0.1) is 0 Å². The van der Waals surface area contributed by atoms with Gasteiger partial charge >= 0.3 is 5.97 Å². The number of benzene rings is 2. The van der Waals surface area contributed by atoms with Crippen LogP contribution in [0.5, 0.6) is 11.5 Å². The molecule has 1 aliphatic heterocycles. The van der Waals surface area contributed by atoms with Crippen LogP contribution in [0.2, 0.25) is 0 Å². The normalized spacial score (nSPS) is 18.9. The van der Waals surface area contributed by atoms with Gasteiger partial charge in [0.1, 0.15) is 13.2 Å². The molecule has 4 rings (SSSR count). The van der Waals surface area contributed by atoms with Gasteiger partial charge in [0.2, 0.25) is 0 Å². The van der Waals surface area contributed by atoms with Crippen LogP contribution in [0.15, 0.2) is 48.5 Å². The molecule has 0 radical (unpaired) electrons. The third-order valence-electron chi connectivity index (χ3n) is 5.78. The van der Waals surface area contributed by atoms with Crippen molar-refractivity contribution in [3.8, 4) is 11.5 Å². The van der Waals surface area contributed by atoms with Gasteiger partial charge in [0.05, 0.1) is 12.5 Å². The van der Waals surface area contributed by atoms with Gasteiger partial charge < -0.3 is 19.1 Å². The minimum atomic E-state index is -0.150. The van der Waals surface area contributed by atoms with E-state index in [1.54, 1.807) is 18.2 Å². The van der Waals surface area contributed by atoms with Crippen molar-refractivity contribution in [2.24, 2.45) is 11.8 Å². The molecule has 0 unspecified atom stereocenters. The first kappa shape index (κ1) is 21.2. The monoisotopic (exact) mass is 423 g/mol. The fourth-order valence-electron chi connectivity index (χ4n) is 4.02. The largest absolute Gasteiger partial charge is 0.486 e. The maximum absolute atomic E-state index is 13.4. The number of fused-ring (bicyclic) bond motifs is 1. The van der Waals surface area contributed by atoms with Gasteiger partial charge in [-0.25, -0.2) is 0 Å². The molecule has 1 aliphatic carbocycles. The van der Waals surface area contributed by atoms with Crippen LogP contribution < -0.4 is 9.47 Å². The minimum absolute atomic E-state index is 0.0421. The summed E-state index contributed by atoms with van der Waals surface area (Å²) in [5, 5.41) is 0. The predicted octanol–water partition coefficient (Wildman–Crippen LogP) is 3.73. The number of carbonyl (C=O) groups excluding carboxylic acids is 2. The van der Waals surface area contributed by atoms with Crippen molar-refractivity contribution in [3.05, 3.63) is 59.7 Å². The van der Waals surface area contributed by atoms with Crippen LogP contribution in [0.4, 0.5) is 0 Å². The van der Waals surface area contributed by atoms with E-state index in [0.717, 1.165) is 19.3 Å². The highest BCUT2D eigenvalue weighted by molar-refractivity contribution is 5.95. The predicted molar refractivity (Wildman–Crippen MR) is 116 cm³/mol. The lowest BCUT2D eigenvalue weighted by Gasteiger charge is -2.24. The maximum atomic E-state index is 13.4. The van der Waals surface area contributed by atoms with E-state index in [1.165, 1.54) is 5.56 Å². The molecule has 164 valence electrons. The van der Waals surface area contributed by atoms with Gasteiger partial charge in [0.25, 0.3) is 5.91 Å². The van der Waals surface area contributed by atoms with Crippen molar-refractivity contribution >= 4 is 11.9 Å². The lowest BCUT2D eigenvalue weighted by molar-refractivity contribution is -0.145. The van der Waals surface area contributed by atoms with E-state index >= 15 is 0 Å². The van der Waals surface area contributed by atoms with Crippen molar-refractivity contribution < 1.29 is 23.8 Å². The van der Waals surface area contributed by atoms with Crippen molar-refractivity contribution in [1.82, 2.24) is 4.90 Å². The molecule has 2 aromatic carbocycles. The molecule has 0 bridgehead atoms. The Hall–Kier alpha value is -3.02. The SMILES string of the molecule is CCOC(=O)[C@H]1C[C@@H]1CN(CCCc1ccccc1)C(=O)c1ccc2c(c1)OCCO2. The van der Waals surface area contributed by atoms with Gasteiger partial charge in [-0.3, -0.25) is 9.59 Å². The number of hydrogen-bond donors (Lipinski definition) is 0. The number of ether oxygens (including phenoxy) is 3. The molecule has 0 N–H and O–H groups in total. The van der Waals surface area contributed by atoms with E-state index < -0.39 is 0 Å². The van der Waals surface area contributed by atoms with Crippen LogP contribution in [0.1, 0.15) is 35.7 Å². The fraction of sp³-hybridized carbons (Fsp3) is 0.440. The van der Waals surface area contributed by atoms with E-state index in [9.17, 15) is 9.59 Å². The Morgan fingerprint density at radius 2 is 1.84 bits per heavy atom. The second-order valence-corrected chi connectivity index (χ2v) is 8.05. The summed E-state index contributed by atoms with van der Waals surface area (Å²) in [6.45, 7) is 4.40. The molecule has 31 heavy (non-hydrogen) atoms. The number of rotatable bonds is 9. The molecule has 0 aromatic heterocycles. The molecule has 6 nitrogen and oxygen atoms in total. The summed E-state index contributed by atoms with van der Waals surface area (Å²) in [6.07, 6.45) is 2.54. The molecule has 1 saturated carbocycles. The van der Waals surface area contributed by atoms with Crippen molar-refractivity contribution in [1.29, 1.82) is 0 Å². The second kappa shape index (κ2) is 9.86. The molecule has 2 atom stereocenters. The van der Waals surface area contributed by atoms with E-state index in [-0.39, 0.29) is 23.7 Å². The summed E-state index contributed by atoms with van der Waals surface area (Å²) in [7, 11) is 0. The smallest absolute Gasteiger partial charge is 0.309 e. The number of esters is 1. The molecule has 2 aliphatic rings. The molecule has 1 amide bonds. The minimum Gasteiger partial charge on any atom is -0.486 e. The first-order valence-electron chi connectivity index (χ1n) is 11.0. The third-order valence-corrected chi connectivity index (χ3v) is 5.78. The van der Waals surface area contributed by atoms with Gasteiger partial charge in [-0.1, -0.05) is 30.3 Å². The molecule has 0 saturated heterocycles. The number of nitrogens with zero attached hydrogens (tertiary/aromatic N) is 1. The highest BCUT2D eigenvalue weighted by Gasteiger charge is 2.45. The molecule has 1 fully saturated rings. The van der Waals surface area contributed by atoms with Gasteiger partial charge in [-0.05, 0) is 55.9 Å². The van der Waals surface area contributed by atoms with Crippen LogP contribution in [0.3, 0.4) is 0 Å². The topological polar surface area (TPSA) is 65.1 Å². The van der Waals surface area contributed by atoms with Crippen LogP contribution in [-0.4, -0.2) is 49.7 Å². The van der Waals surface area contributed by atoms with Crippen LogP contribution in [0.25, 0.3) is 0 Å².